The van der Waals surface area contributed by atoms with Crippen LogP contribution in [0.15, 0.2) is 12.1 Å². The summed E-state index contributed by atoms with van der Waals surface area (Å²) >= 11 is 1.67. The van der Waals surface area contributed by atoms with Crippen LogP contribution >= 0.6 is 11.3 Å². The third kappa shape index (κ3) is 1.89. The molecule has 0 aromatic carbocycles. The van der Waals surface area contributed by atoms with Crippen LogP contribution in [0.2, 0.25) is 0 Å². The summed E-state index contributed by atoms with van der Waals surface area (Å²) in [5.74, 6) is 0.660. The van der Waals surface area contributed by atoms with Crippen LogP contribution < -0.4 is 10.6 Å². The van der Waals surface area contributed by atoms with E-state index in [1.165, 1.54) is 11.8 Å². The van der Waals surface area contributed by atoms with Crippen LogP contribution in [0.5, 0.6) is 0 Å². The van der Waals surface area contributed by atoms with Gasteiger partial charge in [0, 0.05) is 30.8 Å². The Bertz CT molecular complexity index is 317. The van der Waals surface area contributed by atoms with E-state index >= 15 is 0 Å². The molecule has 0 aliphatic carbocycles. The minimum atomic E-state index is 0.000124. The molecule has 1 aromatic rings. The third-order valence-electron chi connectivity index (χ3n) is 2.11. The summed E-state index contributed by atoms with van der Waals surface area (Å²) in [5, 5.41) is 6.97. The van der Waals surface area contributed by atoms with E-state index in [0.717, 1.165) is 18.1 Å². The van der Waals surface area contributed by atoms with Gasteiger partial charge in [-0.1, -0.05) is 0 Å². The molecule has 1 amide bonds. The van der Waals surface area contributed by atoms with Crippen molar-refractivity contribution in [1.29, 1.82) is 0 Å². The van der Waals surface area contributed by atoms with Gasteiger partial charge < -0.3 is 10.6 Å². The van der Waals surface area contributed by atoms with Crippen LogP contribution in [0.4, 0.5) is 5.00 Å². The predicted octanol–water partition coefficient (Wildman–Crippen LogP) is 1.39. The second kappa shape index (κ2) is 3.47. The molecule has 3 nitrogen and oxygen atoms in total. The fourth-order valence-corrected chi connectivity index (χ4v) is 2.36. The molecule has 0 radical (unpaired) electrons. The SMILES string of the molecule is CC(=O)Nc1ccc(C2CNC2)s1. The van der Waals surface area contributed by atoms with Crippen LogP contribution in [0.1, 0.15) is 17.7 Å². The molecule has 1 aromatic heterocycles. The first-order chi connectivity index (χ1) is 6.25. The van der Waals surface area contributed by atoms with Crippen molar-refractivity contribution in [2.24, 2.45) is 0 Å². The fraction of sp³-hybridized carbons (Fsp3) is 0.444. The average Bonchev–Trinajstić information content (AvgIpc) is 2.31. The van der Waals surface area contributed by atoms with E-state index in [4.69, 9.17) is 0 Å². The molecule has 0 saturated carbocycles. The number of rotatable bonds is 2. The van der Waals surface area contributed by atoms with E-state index in [1.807, 2.05) is 6.07 Å². The first kappa shape index (κ1) is 8.72. The van der Waals surface area contributed by atoms with E-state index in [2.05, 4.69) is 16.7 Å². The standard InChI is InChI=1S/C9H12N2OS/c1-6(12)11-9-3-2-8(13-9)7-4-10-5-7/h2-3,7,10H,4-5H2,1H3,(H,11,12). The molecule has 70 valence electrons. The highest BCUT2D eigenvalue weighted by Gasteiger charge is 2.20. The van der Waals surface area contributed by atoms with E-state index in [9.17, 15) is 4.79 Å². The summed E-state index contributed by atoms with van der Waals surface area (Å²) in [4.78, 5) is 12.1. The van der Waals surface area contributed by atoms with Gasteiger partial charge in [0.1, 0.15) is 0 Å². The Kier molecular flexibility index (Phi) is 2.33. The largest absolute Gasteiger partial charge is 0.318 e. The fourth-order valence-electron chi connectivity index (χ4n) is 1.30. The molecule has 1 saturated heterocycles. The predicted molar refractivity (Wildman–Crippen MR) is 54.2 cm³/mol. The summed E-state index contributed by atoms with van der Waals surface area (Å²) < 4.78 is 0. The van der Waals surface area contributed by atoms with Gasteiger partial charge in [0.2, 0.25) is 5.91 Å². The number of amides is 1. The Balaban J connectivity index is 2.04. The second-order valence-electron chi connectivity index (χ2n) is 3.24. The number of nitrogens with one attached hydrogen (secondary N) is 2. The number of anilines is 1. The molecule has 0 unspecified atom stereocenters. The third-order valence-corrected chi connectivity index (χ3v) is 3.27. The molecule has 4 heteroatoms. The van der Waals surface area contributed by atoms with Crippen LogP contribution in [0.25, 0.3) is 0 Å². The second-order valence-corrected chi connectivity index (χ2v) is 4.35. The van der Waals surface area contributed by atoms with Gasteiger partial charge in [-0.05, 0) is 12.1 Å². The van der Waals surface area contributed by atoms with Crippen LogP contribution in [-0.4, -0.2) is 19.0 Å². The summed E-state index contributed by atoms with van der Waals surface area (Å²) in [7, 11) is 0. The first-order valence-electron chi connectivity index (χ1n) is 4.34. The van der Waals surface area contributed by atoms with Gasteiger partial charge in [0.25, 0.3) is 0 Å². The minimum Gasteiger partial charge on any atom is -0.318 e. The van der Waals surface area contributed by atoms with Gasteiger partial charge in [0.15, 0.2) is 0 Å². The van der Waals surface area contributed by atoms with E-state index in [1.54, 1.807) is 11.3 Å². The number of carbonyl (C=O) groups excluding carboxylic acids is 1. The summed E-state index contributed by atoms with van der Waals surface area (Å²) in [6.45, 7) is 3.67. The zero-order chi connectivity index (χ0) is 9.26. The molecule has 1 aliphatic heterocycles. The maximum absolute atomic E-state index is 10.8. The Hall–Kier alpha value is -0.870. The van der Waals surface area contributed by atoms with Gasteiger partial charge in [0.05, 0.1) is 5.00 Å². The summed E-state index contributed by atoms with van der Waals surface area (Å²) in [5.41, 5.74) is 0. The Morgan fingerprint density at radius 2 is 2.38 bits per heavy atom. The molecule has 13 heavy (non-hydrogen) atoms. The Labute approximate surface area is 81.2 Å². The molecule has 0 spiro atoms. The maximum atomic E-state index is 10.8. The number of hydrogen-bond acceptors (Lipinski definition) is 3. The molecular weight excluding hydrogens is 184 g/mol. The molecule has 1 fully saturated rings. The van der Waals surface area contributed by atoms with Crippen LogP contribution in [-0.2, 0) is 4.79 Å². The highest BCUT2D eigenvalue weighted by molar-refractivity contribution is 7.16. The number of hydrogen-bond donors (Lipinski definition) is 2. The smallest absolute Gasteiger partial charge is 0.221 e. The minimum absolute atomic E-state index is 0.000124. The van der Waals surface area contributed by atoms with Gasteiger partial charge in [-0.25, -0.2) is 0 Å². The lowest BCUT2D eigenvalue weighted by molar-refractivity contribution is -0.114. The van der Waals surface area contributed by atoms with Crippen molar-refractivity contribution in [2.45, 2.75) is 12.8 Å². The van der Waals surface area contributed by atoms with Gasteiger partial charge in [-0.2, -0.15) is 0 Å². The van der Waals surface area contributed by atoms with Crippen molar-refractivity contribution in [1.82, 2.24) is 5.32 Å². The van der Waals surface area contributed by atoms with Crippen molar-refractivity contribution in [3.8, 4) is 0 Å². The first-order valence-corrected chi connectivity index (χ1v) is 5.15. The molecule has 2 heterocycles. The number of thiophene rings is 1. The van der Waals surface area contributed by atoms with Gasteiger partial charge in [-0.15, -0.1) is 11.3 Å². The van der Waals surface area contributed by atoms with E-state index in [-0.39, 0.29) is 5.91 Å². The topological polar surface area (TPSA) is 41.1 Å². The molecular formula is C9H12N2OS. The summed E-state index contributed by atoms with van der Waals surface area (Å²) in [6.07, 6.45) is 0. The van der Waals surface area contributed by atoms with Crippen molar-refractivity contribution < 1.29 is 4.79 Å². The van der Waals surface area contributed by atoms with Crippen molar-refractivity contribution >= 4 is 22.2 Å². The molecule has 0 atom stereocenters. The molecule has 2 N–H and O–H groups in total. The lowest BCUT2D eigenvalue weighted by Crippen LogP contribution is -2.39. The van der Waals surface area contributed by atoms with Crippen molar-refractivity contribution in [3.63, 3.8) is 0 Å². The quantitative estimate of drug-likeness (QED) is 0.750. The highest BCUT2D eigenvalue weighted by atomic mass is 32.1. The van der Waals surface area contributed by atoms with E-state index < -0.39 is 0 Å². The normalized spacial score (nSPS) is 16.7. The monoisotopic (exact) mass is 196 g/mol. The average molecular weight is 196 g/mol. The van der Waals surface area contributed by atoms with Crippen molar-refractivity contribution in [2.75, 3.05) is 18.4 Å². The molecule has 1 aliphatic rings. The lowest BCUT2D eigenvalue weighted by atomic mass is 10.0. The zero-order valence-corrected chi connectivity index (χ0v) is 8.28. The number of carbonyl (C=O) groups is 1. The van der Waals surface area contributed by atoms with Gasteiger partial charge >= 0.3 is 0 Å². The molecule has 2 rings (SSSR count). The van der Waals surface area contributed by atoms with Crippen LogP contribution in [0, 0.1) is 0 Å². The van der Waals surface area contributed by atoms with Crippen LogP contribution in [0.3, 0.4) is 0 Å². The Morgan fingerprint density at radius 1 is 1.62 bits per heavy atom. The maximum Gasteiger partial charge on any atom is 0.221 e. The summed E-state index contributed by atoms with van der Waals surface area (Å²) in [6, 6.07) is 4.07. The van der Waals surface area contributed by atoms with Crippen molar-refractivity contribution in [3.05, 3.63) is 17.0 Å². The van der Waals surface area contributed by atoms with Gasteiger partial charge in [-0.3, -0.25) is 4.79 Å². The molecule has 0 bridgehead atoms. The Morgan fingerprint density at radius 3 is 2.92 bits per heavy atom. The lowest BCUT2D eigenvalue weighted by Gasteiger charge is -2.25. The highest BCUT2D eigenvalue weighted by Crippen LogP contribution is 2.30. The van der Waals surface area contributed by atoms with E-state index in [0.29, 0.717) is 5.92 Å². The zero-order valence-electron chi connectivity index (χ0n) is 7.46.